The summed E-state index contributed by atoms with van der Waals surface area (Å²) >= 11 is 0. The fourth-order valence-corrected chi connectivity index (χ4v) is 2.45. The van der Waals surface area contributed by atoms with E-state index in [1.165, 1.54) is 6.07 Å². The second-order valence-electron chi connectivity index (χ2n) is 5.71. The zero-order chi connectivity index (χ0) is 18.9. The van der Waals surface area contributed by atoms with E-state index in [2.05, 4.69) is 15.4 Å². The van der Waals surface area contributed by atoms with Crippen LogP contribution in [0.25, 0.3) is 0 Å². The predicted octanol–water partition coefficient (Wildman–Crippen LogP) is 3.41. The smallest absolute Gasteiger partial charge is 0.504 e. The van der Waals surface area contributed by atoms with E-state index >= 15 is 0 Å². The summed E-state index contributed by atoms with van der Waals surface area (Å²) < 4.78 is 45.9. The summed E-state index contributed by atoms with van der Waals surface area (Å²) in [7, 11) is 0. The Bertz CT molecular complexity index is 839. The Kier molecular flexibility index (Phi) is 4.54. The van der Waals surface area contributed by atoms with Crippen LogP contribution in [0.4, 0.5) is 24.5 Å². The summed E-state index contributed by atoms with van der Waals surface area (Å²) in [6.07, 6.45) is -5.76. The zero-order valence-electron chi connectivity index (χ0n) is 13.6. The van der Waals surface area contributed by atoms with Gasteiger partial charge in [-0.3, -0.25) is 4.79 Å². The number of carbonyl (C=O) groups is 1. The summed E-state index contributed by atoms with van der Waals surface area (Å²) in [5.41, 5.74) is 1.85. The van der Waals surface area contributed by atoms with Gasteiger partial charge in [0.15, 0.2) is 17.6 Å². The van der Waals surface area contributed by atoms with Gasteiger partial charge >= 0.3 is 6.36 Å². The fraction of sp³-hybridized carbons (Fsp3) is 0.235. The minimum atomic E-state index is -4.92. The minimum absolute atomic E-state index is 0.112. The first-order valence-electron chi connectivity index (χ1n) is 7.62. The van der Waals surface area contributed by atoms with E-state index in [-0.39, 0.29) is 12.2 Å². The molecule has 1 atom stereocenters. The zero-order valence-corrected chi connectivity index (χ0v) is 13.6. The Labute approximate surface area is 146 Å². The number of halogens is 3. The van der Waals surface area contributed by atoms with E-state index in [4.69, 9.17) is 4.74 Å². The maximum absolute atomic E-state index is 12.3. The summed E-state index contributed by atoms with van der Waals surface area (Å²) in [5, 5.41) is 15.2. The van der Waals surface area contributed by atoms with E-state index in [0.29, 0.717) is 5.75 Å². The molecule has 1 aliphatic heterocycles. The highest BCUT2D eigenvalue weighted by molar-refractivity contribution is 5.95. The van der Waals surface area contributed by atoms with Crippen LogP contribution in [-0.2, 0) is 4.79 Å². The van der Waals surface area contributed by atoms with Crippen LogP contribution in [0.3, 0.4) is 0 Å². The molecule has 0 saturated carbocycles. The van der Waals surface area contributed by atoms with Crippen LogP contribution in [0.5, 0.6) is 17.2 Å². The number of phenols is 1. The van der Waals surface area contributed by atoms with Gasteiger partial charge in [0.2, 0.25) is 0 Å². The average molecular weight is 368 g/mol. The summed E-state index contributed by atoms with van der Waals surface area (Å²) in [5.74, 6) is -1.47. The highest BCUT2D eigenvalue weighted by Gasteiger charge is 2.32. The number of alkyl halides is 3. The molecule has 6 nitrogen and oxygen atoms in total. The monoisotopic (exact) mass is 368 g/mol. The number of hydrogen-bond donors (Lipinski definition) is 3. The summed E-state index contributed by atoms with van der Waals surface area (Å²) in [6.45, 7) is 2.11. The van der Waals surface area contributed by atoms with Gasteiger partial charge in [0.25, 0.3) is 5.91 Å². The number of carbonyl (C=O) groups excluding carboxylic acids is 1. The highest BCUT2D eigenvalue weighted by atomic mass is 19.4. The molecule has 0 saturated heterocycles. The van der Waals surface area contributed by atoms with Gasteiger partial charge in [-0.1, -0.05) is 6.07 Å². The third-order valence-electron chi connectivity index (χ3n) is 3.63. The van der Waals surface area contributed by atoms with Gasteiger partial charge < -0.3 is 25.2 Å². The van der Waals surface area contributed by atoms with Crippen molar-refractivity contribution in [1.29, 1.82) is 0 Å². The molecule has 0 bridgehead atoms. The van der Waals surface area contributed by atoms with E-state index < -0.39 is 29.9 Å². The van der Waals surface area contributed by atoms with Crippen LogP contribution in [0, 0.1) is 6.92 Å². The number of aryl methyl sites for hydroxylation is 1. The Hall–Kier alpha value is -3.10. The maximum Gasteiger partial charge on any atom is 0.573 e. The lowest BCUT2D eigenvalue weighted by molar-refractivity contribution is -0.275. The Morgan fingerprint density at radius 3 is 2.77 bits per heavy atom. The minimum Gasteiger partial charge on any atom is -0.504 e. The molecule has 9 heteroatoms. The van der Waals surface area contributed by atoms with Crippen LogP contribution in [-0.4, -0.2) is 30.0 Å². The quantitative estimate of drug-likeness (QED) is 0.774. The molecule has 1 aliphatic rings. The number of aromatic hydroxyl groups is 1. The number of fused-ring (bicyclic) bond motifs is 1. The van der Waals surface area contributed by atoms with Gasteiger partial charge in [0, 0.05) is 11.8 Å². The lowest BCUT2D eigenvalue weighted by Crippen LogP contribution is -2.41. The Morgan fingerprint density at radius 1 is 1.31 bits per heavy atom. The van der Waals surface area contributed by atoms with E-state index in [0.717, 1.165) is 23.4 Å². The van der Waals surface area contributed by atoms with Crippen molar-refractivity contribution < 1.29 is 32.5 Å². The van der Waals surface area contributed by atoms with E-state index in [1.807, 2.05) is 19.1 Å². The fourth-order valence-electron chi connectivity index (χ4n) is 2.45. The Balaban J connectivity index is 1.68. The SMILES string of the molecule is Cc1ccc2c(c1)OC(C(=O)Nc1ccc(OC(F)(F)F)c(O)c1)CN2. The van der Waals surface area contributed by atoms with Crippen LogP contribution in [0.15, 0.2) is 36.4 Å². The maximum atomic E-state index is 12.3. The first kappa shape index (κ1) is 17.7. The molecule has 0 spiro atoms. The molecule has 3 N–H and O–H groups in total. The standard InChI is InChI=1S/C17H15F3N2O4/c1-9-2-4-11-14(6-9)25-15(8-21-11)16(24)22-10-3-5-13(12(23)7-10)26-17(18,19)20/h2-7,15,21,23H,8H2,1H3,(H,22,24). The first-order chi connectivity index (χ1) is 12.2. The number of anilines is 2. The molecule has 0 radical (unpaired) electrons. The number of hydrogen-bond acceptors (Lipinski definition) is 5. The van der Waals surface area contributed by atoms with Crippen molar-refractivity contribution in [2.24, 2.45) is 0 Å². The summed E-state index contributed by atoms with van der Waals surface area (Å²) in [6, 6.07) is 8.60. The molecule has 1 unspecified atom stereocenters. The normalized spacial score (nSPS) is 16.1. The van der Waals surface area contributed by atoms with Gasteiger partial charge in [0.05, 0.1) is 12.2 Å². The van der Waals surface area contributed by atoms with Crippen LogP contribution >= 0.6 is 0 Å². The largest absolute Gasteiger partial charge is 0.573 e. The van der Waals surface area contributed by atoms with E-state index in [9.17, 15) is 23.1 Å². The molecule has 1 amide bonds. The van der Waals surface area contributed by atoms with Crippen LogP contribution in [0.1, 0.15) is 5.56 Å². The third kappa shape index (κ3) is 4.11. The molecule has 0 aliphatic carbocycles. The topological polar surface area (TPSA) is 79.8 Å². The highest BCUT2D eigenvalue weighted by Crippen LogP contribution is 2.34. The molecule has 0 aromatic heterocycles. The van der Waals surface area contributed by atoms with Crippen molar-refractivity contribution in [1.82, 2.24) is 0 Å². The van der Waals surface area contributed by atoms with Crippen molar-refractivity contribution in [3.63, 3.8) is 0 Å². The Morgan fingerprint density at radius 2 is 2.08 bits per heavy atom. The molecular weight excluding hydrogens is 353 g/mol. The van der Waals surface area contributed by atoms with Gasteiger partial charge in [-0.25, -0.2) is 0 Å². The van der Waals surface area contributed by atoms with Crippen molar-refractivity contribution in [3.05, 3.63) is 42.0 Å². The molecule has 2 aromatic carbocycles. The lowest BCUT2D eigenvalue weighted by Gasteiger charge is -2.26. The second kappa shape index (κ2) is 6.66. The van der Waals surface area contributed by atoms with E-state index in [1.54, 1.807) is 6.07 Å². The van der Waals surface area contributed by atoms with Gasteiger partial charge in [0.1, 0.15) is 5.75 Å². The van der Waals surface area contributed by atoms with Gasteiger partial charge in [-0.05, 0) is 36.8 Å². The van der Waals surface area contributed by atoms with Crippen LogP contribution in [0.2, 0.25) is 0 Å². The molecule has 1 heterocycles. The average Bonchev–Trinajstić information content (AvgIpc) is 2.55. The first-order valence-corrected chi connectivity index (χ1v) is 7.62. The molecule has 138 valence electrons. The number of ether oxygens (including phenoxy) is 2. The number of phenolic OH excluding ortho intramolecular Hbond substituents is 1. The number of benzene rings is 2. The molecule has 2 aromatic rings. The third-order valence-corrected chi connectivity index (χ3v) is 3.63. The van der Waals surface area contributed by atoms with Crippen molar-refractivity contribution in [2.45, 2.75) is 19.4 Å². The van der Waals surface area contributed by atoms with Crippen molar-refractivity contribution in [3.8, 4) is 17.2 Å². The van der Waals surface area contributed by atoms with Crippen molar-refractivity contribution >= 4 is 17.3 Å². The van der Waals surface area contributed by atoms with Crippen LogP contribution < -0.4 is 20.1 Å². The lowest BCUT2D eigenvalue weighted by atomic mass is 10.1. The van der Waals surface area contributed by atoms with Gasteiger partial charge in [-0.2, -0.15) is 0 Å². The number of nitrogens with one attached hydrogen (secondary N) is 2. The summed E-state index contributed by atoms with van der Waals surface area (Å²) in [4.78, 5) is 12.3. The molecular formula is C17H15F3N2O4. The molecule has 0 fully saturated rings. The number of rotatable bonds is 3. The molecule has 26 heavy (non-hydrogen) atoms. The second-order valence-corrected chi connectivity index (χ2v) is 5.71. The molecule has 3 rings (SSSR count). The van der Waals surface area contributed by atoms with Crippen molar-refractivity contribution in [2.75, 3.05) is 17.2 Å². The number of amides is 1. The van der Waals surface area contributed by atoms with Gasteiger partial charge in [-0.15, -0.1) is 13.2 Å². The predicted molar refractivity (Wildman–Crippen MR) is 87.5 cm³/mol.